The number of nitrogens with one attached hydrogen (secondary N) is 1. The van der Waals surface area contributed by atoms with Crippen molar-refractivity contribution >= 4 is 29.9 Å². The van der Waals surface area contributed by atoms with Gasteiger partial charge in [0.25, 0.3) is 5.91 Å². The average Bonchev–Trinajstić information content (AvgIpc) is 2.36. The van der Waals surface area contributed by atoms with Crippen LogP contribution in [0.1, 0.15) is 0 Å². The summed E-state index contributed by atoms with van der Waals surface area (Å²) in [5.41, 5.74) is 5.78. The molecule has 7 heteroatoms. The molecule has 0 heterocycles. The van der Waals surface area contributed by atoms with Crippen molar-refractivity contribution in [1.29, 1.82) is 0 Å². The summed E-state index contributed by atoms with van der Waals surface area (Å²) < 4.78 is 5.31. The van der Waals surface area contributed by atoms with Gasteiger partial charge in [-0.1, -0.05) is 6.07 Å². The van der Waals surface area contributed by atoms with E-state index in [1.54, 1.807) is 38.4 Å². The largest absolute Gasteiger partial charge is 0.484 e. The van der Waals surface area contributed by atoms with Gasteiger partial charge in [-0.15, -0.1) is 12.4 Å². The van der Waals surface area contributed by atoms with Crippen LogP contribution in [0.15, 0.2) is 24.3 Å². The average molecular weight is 288 g/mol. The molecule has 0 aromatic heterocycles. The van der Waals surface area contributed by atoms with Gasteiger partial charge in [-0.25, -0.2) is 0 Å². The monoisotopic (exact) mass is 287 g/mol. The number of nitrogens with zero attached hydrogens (tertiary/aromatic N) is 1. The number of carbonyl (C=O) groups excluding carboxylic acids is 2. The van der Waals surface area contributed by atoms with Crippen LogP contribution in [0.2, 0.25) is 0 Å². The highest BCUT2D eigenvalue weighted by molar-refractivity contribution is 5.92. The Morgan fingerprint density at radius 2 is 2.05 bits per heavy atom. The highest BCUT2D eigenvalue weighted by atomic mass is 35.5. The predicted molar refractivity (Wildman–Crippen MR) is 75.6 cm³/mol. The number of halogens is 1. The summed E-state index contributed by atoms with van der Waals surface area (Å²) in [6.45, 7) is -0.120. The number of benzene rings is 1. The molecule has 0 aliphatic rings. The molecule has 1 aromatic carbocycles. The number of rotatable bonds is 5. The SMILES string of the molecule is CN(C)C(=O)COc1cccc(NC(=O)CN)c1.Cl. The Kier molecular flexibility index (Phi) is 7.55. The zero-order valence-corrected chi connectivity index (χ0v) is 11.7. The van der Waals surface area contributed by atoms with E-state index in [0.717, 1.165) is 0 Å². The Hall–Kier alpha value is -1.79. The highest BCUT2D eigenvalue weighted by Gasteiger charge is 2.05. The lowest BCUT2D eigenvalue weighted by molar-refractivity contribution is -0.130. The zero-order valence-electron chi connectivity index (χ0n) is 10.9. The first-order valence-electron chi connectivity index (χ1n) is 5.46. The second-order valence-electron chi connectivity index (χ2n) is 3.86. The Bertz CT molecular complexity index is 438. The molecular weight excluding hydrogens is 270 g/mol. The maximum Gasteiger partial charge on any atom is 0.259 e. The van der Waals surface area contributed by atoms with Gasteiger partial charge >= 0.3 is 0 Å². The van der Waals surface area contributed by atoms with Crippen LogP contribution in [0.4, 0.5) is 5.69 Å². The van der Waals surface area contributed by atoms with Crippen LogP contribution in [0.3, 0.4) is 0 Å². The lowest BCUT2D eigenvalue weighted by atomic mass is 10.3. The first-order valence-corrected chi connectivity index (χ1v) is 5.46. The minimum atomic E-state index is -0.281. The molecule has 3 N–H and O–H groups in total. The molecule has 106 valence electrons. The van der Waals surface area contributed by atoms with Gasteiger partial charge in [0.2, 0.25) is 5.91 Å². The normalized spacial score (nSPS) is 9.21. The van der Waals surface area contributed by atoms with Gasteiger partial charge in [-0.2, -0.15) is 0 Å². The van der Waals surface area contributed by atoms with Crippen LogP contribution in [0.25, 0.3) is 0 Å². The molecule has 0 fully saturated rings. The second-order valence-corrected chi connectivity index (χ2v) is 3.86. The van der Waals surface area contributed by atoms with Gasteiger partial charge in [0, 0.05) is 25.8 Å². The third kappa shape index (κ3) is 6.08. The summed E-state index contributed by atoms with van der Waals surface area (Å²) in [5, 5.41) is 2.60. The number of amides is 2. The van der Waals surface area contributed by atoms with Crippen LogP contribution in [-0.2, 0) is 9.59 Å². The van der Waals surface area contributed by atoms with E-state index in [-0.39, 0.29) is 37.4 Å². The summed E-state index contributed by atoms with van der Waals surface area (Å²) in [7, 11) is 3.31. The van der Waals surface area contributed by atoms with Gasteiger partial charge < -0.3 is 20.7 Å². The number of hydrogen-bond donors (Lipinski definition) is 2. The summed E-state index contributed by atoms with van der Waals surface area (Å²) in [6.07, 6.45) is 0. The second kappa shape index (κ2) is 8.34. The molecule has 0 unspecified atom stereocenters. The molecule has 0 spiro atoms. The predicted octanol–water partition coefficient (Wildman–Crippen LogP) is 0.473. The van der Waals surface area contributed by atoms with Crippen molar-refractivity contribution in [3.63, 3.8) is 0 Å². The molecule has 1 rings (SSSR count). The van der Waals surface area contributed by atoms with Crippen molar-refractivity contribution in [3.8, 4) is 5.75 Å². The van der Waals surface area contributed by atoms with E-state index in [2.05, 4.69) is 5.32 Å². The number of nitrogens with two attached hydrogens (primary N) is 1. The van der Waals surface area contributed by atoms with Crippen molar-refractivity contribution in [2.45, 2.75) is 0 Å². The molecule has 0 aliphatic heterocycles. The maximum atomic E-state index is 11.3. The molecule has 0 radical (unpaired) electrons. The van der Waals surface area contributed by atoms with Crippen molar-refractivity contribution in [2.24, 2.45) is 5.73 Å². The maximum absolute atomic E-state index is 11.3. The minimum Gasteiger partial charge on any atom is -0.484 e. The number of hydrogen-bond acceptors (Lipinski definition) is 4. The fourth-order valence-corrected chi connectivity index (χ4v) is 1.15. The third-order valence-electron chi connectivity index (χ3n) is 2.16. The summed E-state index contributed by atoms with van der Waals surface area (Å²) in [5.74, 6) is 0.0999. The summed E-state index contributed by atoms with van der Waals surface area (Å²) in [6, 6.07) is 6.79. The molecule has 0 saturated heterocycles. The lowest BCUT2D eigenvalue weighted by Gasteiger charge is -2.12. The Morgan fingerprint density at radius 1 is 1.37 bits per heavy atom. The fraction of sp³-hybridized carbons (Fsp3) is 0.333. The van der Waals surface area contributed by atoms with Gasteiger partial charge in [0.1, 0.15) is 5.75 Å². The fourth-order valence-electron chi connectivity index (χ4n) is 1.15. The first kappa shape index (κ1) is 17.2. The van der Waals surface area contributed by atoms with Crippen molar-refractivity contribution < 1.29 is 14.3 Å². The van der Waals surface area contributed by atoms with Gasteiger partial charge in [-0.05, 0) is 12.1 Å². The van der Waals surface area contributed by atoms with Crippen LogP contribution in [-0.4, -0.2) is 44.0 Å². The molecule has 6 nitrogen and oxygen atoms in total. The topological polar surface area (TPSA) is 84.7 Å². The molecule has 0 atom stereocenters. The Labute approximate surface area is 118 Å². The lowest BCUT2D eigenvalue weighted by Crippen LogP contribution is -2.27. The third-order valence-corrected chi connectivity index (χ3v) is 2.16. The molecular formula is C12H18ClN3O3. The standard InChI is InChI=1S/C12H17N3O3.ClH/c1-15(2)12(17)8-18-10-5-3-4-9(6-10)14-11(16)7-13;/h3-6H,7-8,13H2,1-2H3,(H,14,16);1H. The van der Waals surface area contributed by atoms with E-state index in [4.69, 9.17) is 10.5 Å². The van der Waals surface area contributed by atoms with Crippen LogP contribution >= 0.6 is 12.4 Å². The highest BCUT2D eigenvalue weighted by Crippen LogP contribution is 2.17. The van der Waals surface area contributed by atoms with E-state index in [1.165, 1.54) is 4.90 Å². The molecule has 1 aromatic rings. The Balaban J connectivity index is 0.00000324. The van der Waals surface area contributed by atoms with Crippen molar-refractivity contribution in [3.05, 3.63) is 24.3 Å². The minimum absolute atomic E-state index is 0. The van der Waals surface area contributed by atoms with E-state index >= 15 is 0 Å². The van der Waals surface area contributed by atoms with E-state index in [1.807, 2.05) is 0 Å². The van der Waals surface area contributed by atoms with Gasteiger partial charge in [-0.3, -0.25) is 9.59 Å². The van der Waals surface area contributed by atoms with Crippen LogP contribution in [0, 0.1) is 0 Å². The quantitative estimate of drug-likeness (QED) is 0.824. The van der Waals surface area contributed by atoms with Crippen LogP contribution in [0.5, 0.6) is 5.75 Å². The smallest absolute Gasteiger partial charge is 0.259 e. The molecule has 0 aliphatic carbocycles. The number of carbonyl (C=O) groups is 2. The molecule has 19 heavy (non-hydrogen) atoms. The van der Waals surface area contributed by atoms with E-state index < -0.39 is 0 Å². The summed E-state index contributed by atoms with van der Waals surface area (Å²) >= 11 is 0. The zero-order chi connectivity index (χ0) is 13.5. The van der Waals surface area contributed by atoms with Gasteiger partial charge in [0.05, 0.1) is 6.54 Å². The molecule has 2 amide bonds. The number of likely N-dealkylation sites (N-methyl/N-ethyl adjacent to an activating group) is 1. The van der Waals surface area contributed by atoms with E-state index in [0.29, 0.717) is 11.4 Å². The molecule has 0 saturated carbocycles. The van der Waals surface area contributed by atoms with Gasteiger partial charge in [0.15, 0.2) is 6.61 Å². The number of anilines is 1. The van der Waals surface area contributed by atoms with Crippen LogP contribution < -0.4 is 15.8 Å². The Morgan fingerprint density at radius 3 is 2.63 bits per heavy atom. The first-order chi connectivity index (χ1) is 8.52. The summed E-state index contributed by atoms with van der Waals surface area (Å²) in [4.78, 5) is 23.9. The van der Waals surface area contributed by atoms with Crippen molar-refractivity contribution in [2.75, 3.05) is 32.6 Å². The molecule has 0 bridgehead atoms. The van der Waals surface area contributed by atoms with E-state index in [9.17, 15) is 9.59 Å². The number of ether oxygens (including phenoxy) is 1. The van der Waals surface area contributed by atoms with Crippen molar-refractivity contribution in [1.82, 2.24) is 4.90 Å².